The average Bonchev–Trinajstić information content (AvgIpc) is 2.65. The van der Waals surface area contributed by atoms with Crippen LogP contribution in [0, 0.1) is 11.3 Å². The predicted octanol–water partition coefficient (Wildman–Crippen LogP) is 3.44. The SMILES string of the molecule is N#Cc1csnc1-c1cccc(Br)c1. The minimum absolute atomic E-state index is 0.633. The number of hydrogen-bond donors (Lipinski definition) is 0. The van der Waals surface area contributed by atoms with Crippen LogP contribution in [0.25, 0.3) is 11.3 Å². The van der Waals surface area contributed by atoms with Gasteiger partial charge in [-0.05, 0) is 23.7 Å². The molecule has 0 fully saturated rings. The molecule has 1 aromatic carbocycles. The molecular formula is C10H5BrN2S. The molecule has 0 unspecified atom stereocenters. The maximum Gasteiger partial charge on any atom is 0.102 e. The lowest BCUT2D eigenvalue weighted by Gasteiger charge is -1.97. The van der Waals surface area contributed by atoms with Crippen LogP contribution in [0.3, 0.4) is 0 Å². The van der Waals surface area contributed by atoms with Gasteiger partial charge in [0.05, 0.1) is 5.56 Å². The minimum atomic E-state index is 0.633. The number of aromatic nitrogens is 1. The first-order valence-corrected chi connectivity index (χ1v) is 5.54. The largest absolute Gasteiger partial charge is 0.192 e. The van der Waals surface area contributed by atoms with Gasteiger partial charge in [-0.3, -0.25) is 0 Å². The van der Waals surface area contributed by atoms with E-state index >= 15 is 0 Å². The zero-order valence-electron chi connectivity index (χ0n) is 7.07. The number of nitriles is 1. The fourth-order valence-electron chi connectivity index (χ4n) is 1.16. The second-order valence-electron chi connectivity index (χ2n) is 2.70. The average molecular weight is 265 g/mol. The predicted molar refractivity (Wildman–Crippen MR) is 60.0 cm³/mol. The Labute approximate surface area is 94.1 Å². The van der Waals surface area contributed by atoms with Crippen LogP contribution >= 0.6 is 27.5 Å². The highest BCUT2D eigenvalue weighted by atomic mass is 79.9. The minimum Gasteiger partial charge on any atom is -0.192 e. The summed E-state index contributed by atoms with van der Waals surface area (Å²) in [5.41, 5.74) is 2.36. The smallest absolute Gasteiger partial charge is 0.102 e. The highest BCUT2D eigenvalue weighted by Gasteiger charge is 2.07. The zero-order chi connectivity index (χ0) is 9.97. The summed E-state index contributed by atoms with van der Waals surface area (Å²) in [6, 6.07) is 9.90. The van der Waals surface area contributed by atoms with Gasteiger partial charge in [-0.2, -0.15) is 9.64 Å². The summed E-state index contributed by atoms with van der Waals surface area (Å²) >= 11 is 4.69. The molecule has 4 heteroatoms. The maximum absolute atomic E-state index is 8.84. The third-order valence-electron chi connectivity index (χ3n) is 1.79. The number of nitrogens with zero attached hydrogens (tertiary/aromatic N) is 2. The molecule has 68 valence electrons. The van der Waals surface area contributed by atoms with Crippen LogP contribution in [-0.4, -0.2) is 4.37 Å². The van der Waals surface area contributed by atoms with E-state index < -0.39 is 0 Å². The Kier molecular flexibility index (Phi) is 2.62. The van der Waals surface area contributed by atoms with Crippen LogP contribution in [-0.2, 0) is 0 Å². The molecule has 0 aliphatic rings. The van der Waals surface area contributed by atoms with Crippen molar-refractivity contribution < 1.29 is 0 Å². The number of halogens is 1. The monoisotopic (exact) mass is 264 g/mol. The third kappa shape index (κ3) is 1.69. The van der Waals surface area contributed by atoms with Gasteiger partial charge in [-0.1, -0.05) is 28.1 Å². The Bertz CT molecular complexity index is 499. The van der Waals surface area contributed by atoms with E-state index in [1.807, 2.05) is 24.3 Å². The van der Waals surface area contributed by atoms with Crippen molar-refractivity contribution in [3.63, 3.8) is 0 Å². The summed E-state index contributed by atoms with van der Waals surface area (Å²) in [6.45, 7) is 0. The van der Waals surface area contributed by atoms with Crippen molar-refractivity contribution in [2.75, 3.05) is 0 Å². The Morgan fingerprint density at radius 2 is 2.29 bits per heavy atom. The van der Waals surface area contributed by atoms with E-state index in [1.165, 1.54) is 11.5 Å². The van der Waals surface area contributed by atoms with Gasteiger partial charge in [0.25, 0.3) is 0 Å². The van der Waals surface area contributed by atoms with E-state index in [-0.39, 0.29) is 0 Å². The molecule has 1 heterocycles. The first kappa shape index (κ1) is 9.38. The third-order valence-corrected chi connectivity index (χ3v) is 2.91. The molecule has 0 saturated heterocycles. The molecule has 2 nitrogen and oxygen atoms in total. The van der Waals surface area contributed by atoms with E-state index in [2.05, 4.69) is 26.4 Å². The summed E-state index contributed by atoms with van der Waals surface area (Å²) < 4.78 is 5.19. The molecule has 0 radical (unpaired) electrons. The Morgan fingerprint density at radius 3 is 3.00 bits per heavy atom. The van der Waals surface area contributed by atoms with Crippen molar-refractivity contribution in [1.29, 1.82) is 5.26 Å². The second-order valence-corrected chi connectivity index (χ2v) is 4.24. The lowest BCUT2D eigenvalue weighted by molar-refractivity contribution is 1.45. The topological polar surface area (TPSA) is 36.7 Å². The molecule has 0 N–H and O–H groups in total. The van der Waals surface area contributed by atoms with Gasteiger partial charge in [0.2, 0.25) is 0 Å². The summed E-state index contributed by atoms with van der Waals surface area (Å²) in [5, 5.41) is 10.6. The molecule has 0 spiro atoms. The molecular weight excluding hydrogens is 260 g/mol. The van der Waals surface area contributed by atoms with Gasteiger partial charge in [0.15, 0.2) is 0 Å². The fourth-order valence-corrected chi connectivity index (χ4v) is 2.19. The maximum atomic E-state index is 8.84. The molecule has 14 heavy (non-hydrogen) atoms. The van der Waals surface area contributed by atoms with Crippen LogP contribution in [0.2, 0.25) is 0 Å². The Hall–Kier alpha value is -1.18. The van der Waals surface area contributed by atoms with Crippen molar-refractivity contribution in [3.8, 4) is 17.3 Å². The van der Waals surface area contributed by atoms with Gasteiger partial charge in [-0.15, -0.1) is 0 Å². The Balaban J connectivity index is 2.56. The van der Waals surface area contributed by atoms with Crippen molar-refractivity contribution in [1.82, 2.24) is 4.37 Å². The number of hydrogen-bond acceptors (Lipinski definition) is 3. The molecule has 2 rings (SSSR count). The van der Waals surface area contributed by atoms with Crippen molar-refractivity contribution in [3.05, 3.63) is 39.7 Å². The van der Waals surface area contributed by atoms with Gasteiger partial charge < -0.3 is 0 Å². The Morgan fingerprint density at radius 1 is 1.43 bits per heavy atom. The van der Waals surface area contributed by atoms with Gasteiger partial charge in [0, 0.05) is 15.4 Å². The summed E-state index contributed by atoms with van der Waals surface area (Å²) in [6.07, 6.45) is 0. The highest BCUT2D eigenvalue weighted by Crippen LogP contribution is 2.25. The molecule has 0 aliphatic heterocycles. The number of benzene rings is 1. The lowest BCUT2D eigenvalue weighted by Crippen LogP contribution is -1.80. The molecule has 0 amide bonds. The van der Waals surface area contributed by atoms with E-state index in [0.29, 0.717) is 5.56 Å². The molecule has 0 aliphatic carbocycles. The van der Waals surface area contributed by atoms with Crippen LogP contribution in [0.4, 0.5) is 0 Å². The van der Waals surface area contributed by atoms with E-state index in [1.54, 1.807) is 5.38 Å². The van der Waals surface area contributed by atoms with E-state index in [9.17, 15) is 0 Å². The van der Waals surface area contributed by atoms with Crippen LogP contribution in [0.15, 0.2) is 34.1 Å². The van der Waals surface area contributed by atoms with Gasteiger partial charge >= 0.3 is 0 Å². The normalized spacial score (nSPS) is 9.71. The summed E-state index contributed by atoms with van der Waals surface area (Å²) in [5.74, 6) is 0. The fraction of sp³-hybridized carbons (Fsp3) is 0. The summed E-state index contributed by atoms with van der Waals surface area (Å²) in [7, 11) is 0. The van der Waals surface area contributed by atoms with Gasteiger partial charge in [-0.25, -0.2) is 0 Å². The molecule has 0 atom stereocenters. The van der Waals surface area contributed by atoms with Crippen LogP contribution in [0.5, 0.6) is 0 Å². The molecule has 2 aromatic rings. The van der Waals surface area contributed by atoms with Gasteiger partial charge in [0.1, 0.15) is 11.8 Å². The van der Waals surface area contributed by atoms with Crippen molar-refractivity contribution >= 4 is 27.5 Å². The molecule has 0 bridgehead atoms. The summed E-state index contributed by atoms with van der Waals surface area (Å²) in [4.78, 5) is 0. The van der Waals surface area contributed by atoms with Crippen LogP contribution < -0.4 is 0 Å². The van der Waals surface area contributed by atoms with Crippen molar-refractivity contribution in [2.24, 2.45) is 0 Å². The zero-order valence-corrected chi connectivity index (χ0v) is 9.47. The van der Waals surface area contributed by atoms with E-state index in [0.717, 1.165) is 15.7 Å². The van der Waals surface area contributed by atoms with E-state index in [4.69, 9.17) is 5.26 Å². The lowest BCUT2D eigenvalue weighted by atomic mass is 10.1. The van der Waals surface area contributed by atoms with Crippen LogP contribution in [0.1, 0.15) is 5.56 Å². The number of rotatable bonds is 1. The molecule has 0 saturated carbocycles. The second kappa shape index (κ2) is 3.91. The molecule has 1 aromatic heterocycles. The van der Waals surface area contributed by atoms with Crippen molar-refractivity contribution in [2.45, 2.75) is 0 Å². The first-order valence-electron chi connectivity index (χ1n) is 3.91. The standard InChI is InChI=1S/C10H5BrN2S/c11-9-3-1-2-7(4-9)10-8(5-12)6-14-13-10/h1-4,6H. The first-order chi connectivity index (χ1) is 6.81. The highest BCUT2D eigenvalue weighted by molar-refractivity contribution is 9.10. The quantitative estimate of drug-likeness (QED) is 0.791.